The second-order valence-electron chi connectivity index (χ2n) is 10.8. The highest BCUT2D eigenvalue weighted by molar-refractivity contribution is 7.92. The minimum absolute atomic E-state index is 0.0864. The van der Waals surface area contributed by atoms with Gasteiger partial charge in [-0.05, 0) is 67.9 Å². The van der Waals surface area contributed by atoms with Gasteiger partial charge in [0.05, 0.1) is 32.8 Å². The van der Waals surface area contributed by atoms with Gasteiger partial charge >= 0.3 is 0 Å². The zero-order valence-electron chi connectivity index (χ0n) is 21.8. The number of rotatable bonds is 6. The molecule has 4 aromatic rings. The molecule has 2 atom stereocenters. The van der Waals surface area contributed by atoms with Gasteiger partial charge in [0.15, 0.2) is 27.3 Å². The van der Waals surface area contributed by atoms with Crippen molar-refractivity contribution >= 4 is 33.0 Å². The monoisotopic (exact) mass is 616 g/mol. The van der Waals surface area contributed by atoms with Crippen LogP contribution in [-0.4, -0.2) is 39.6 Å². The minimum Gasteiger partial charge on any atom is -0.382 e. The van der Waals surface area contributed by atoms with Gasteiger partial charge in [0.25, 0.3) is 5.91 Å². The number of aliphatic hydroxyl groups is 1. The van der Waals surface area contributed by atoms with E-state index < -0.39 is 55.9 Å². The molecule has 42 heavy (non-hydrogen) atoms. The number of anilines is 1. The molecule has 3 N–H and O–H groups in total. The van der Waals surface area contributed by atoms with Gasteiger partial charge in [-0.2, -0.15) is 0 Å². The molecule has 0 radical (unpaired) electrons. The van der Waals surface area contributed by atoms with Crippen LogP contribution in [0, 0.1) is 29.3 Å². The fourth-order valence-corrected chi connectivity index (χ4v) is 9.12. The van der Waals surface area contributed by atoms with Crippen molar-refractivity contribution in [2.45, 2.75) is 41.4 Å². The van der Waals surface area contributed by atoms with Gasteiger partial charge in [0, 0.05) is 29.6 Å². The molecule has 2 aliphatic rings. The van der Waals surface area contributed by atoms with E-state index in [2.05, 4.69) is 20.3 Å². The summed E-state index contributed by atoms with van der Waals surface area (Å²) in [4.78, 5) is 24.4. The van der Waals surface area contributed by atoms with Crippen molar-refractivity contribution in [3.63, 3.8) is 0 Å². The number of aromatic amines is 1. The molecule has 2 unspecified atom stereocenters. The molecule has 2 aromatic heterocycles. The van der Waals surface area contributed by atoms with E-state index in [1.807, 2.05) is 12.1 Å². The standard InChI is InChI=1S/C29H24ClF3N4O4S/c30-19-7-6-15(27(38)36-18-10-20(31)25(33)21(32)11-18)9-24(19)42(40,41)26-16-4-5-17(26)13-29(39,12-16)28-35-14-23(37-28)22-3-1-2-8-34-22/h1-3,6-11,14,16-17,26,39H,4-5,12-13H2,(H,35,37)(H,36,38). The van der Waals surface area contributed by atoms with Crippen LogP contribution in [0.25, 0.3) is 11.4 Å². The second-order valence-corrected chi connectivity index (χ2v) is 13.2. The van der Waals surface area contributed by atoms with Crippen molar-refractivity contribution in [2.24, 2.45) is 11.8 Å². The molecule has 1 amide bonds. The van der Waals surface area contributed by atoms with Crippen LogP contribution in [-0.2, 0) is 15.4 Å². The van der Waals surface area contributed by atoms with Crippen molar-refractivity contribution < 1.29 is 31.5 Å². The van der Waals surface area contributed by atoms with Crippen LogP contribution >= 0.6 is 11.6 Å². The number of carbonyl (C=O) groups is 1. The largest absolute Gasteiger partial charge is 0.382 e. The average molecular weight is 617 g/mol. The lowest BCUT2D eigenvalue weighted by atomic mass is 9.76. The molecular weight excluding hydrogens is 593 g/mol. The van der Waals surface area contributed by atoms with Gasteiger partial charge < -0.3 is 15.4 Å². The minimum atomic E-state index is -4.08. The van der Waals surface area contributed by atoms with Crippen LogP contribution in [0.1, 0.15) is 41.9 Å². The maximum absolute atomic E-state index is 14.0. The highest BCUT2D eigenvalue weighted by Gasteiger charge is 2.55. The van der Waals surface area contributed by atoms with E-state index in [9.17, 15) is 31.5 Å². The fourth-order valence-electron chi connectivity index (χ4n) is 6.28. The first kappa shape index (κ1) is 28.4. The first-order valence-corrected chi connectivity index (χ1v) is 15.1. The van der Waals surface area contributed by atoms with Gasteiger partial charge in [0.1, 0.15) is 11.4 Å². The van der Waals surface area contributed by atoms with Gasteiger partial charge in [-0.15, -0.1) is 0 Å². The average Bonchev–Trinajstić information content (AvgIpc) is 3.57. The molecule has 2 saturated carbocycles. The summed E-state index contributed by atoms with van der Waals surface area (Å²) in [5, 5.41) is 13.0. The van der Waals surface area contributed by atoms with Crippen molar-refractivity contribution in [2.75, 3.05) is 5.32 Å². The number of aromatic nitrogens is 3. The first-order chi connectivity index (χ1) is 20.0. The predicted molar refractivity (Wildman–Crippen MR) is 148 cm³/mol. The number of sulfone groups is 1. The summed E-state index contributed by atoms with van der Waals surface area (Å²) in [5.41, 5.74) is -0.540. The first-order valence-electron chi connectivity index (χ1n) is 13.1. The van der Waals surface area contributed by atoms with E-state index >= 15 is 0 Å². The predicted octanol–water partition coefficient (Wildman–Crippen LogP) is 5.64. The van der Waals surface area contributed by atoms with Crippen LogP contribution in [0.5, 0.6) is 0 Å². The number of amides is 1. The number of benzene rings is 2. The smallest absolute Gasteiger partial charge is 0.255 e. The lowest BCUT2D eigenvalue weighted by Crippen LogP contribution is -2.45. The lowest BCUT2D eigenvalue weighted by molar-refractivity contribution is -0.0309. The van der Waals surface area contributed by atoms with E-state index in [0.29, 0.717) is 42.2 Å². The van der Waals surface area contributed by atoms with Crippen molar-refractivity contribution in [1.82, 2.24) is 15.0 Å². The number of hydrogen-bond donors (Lipinski definition) is 3. The molecule has 2 fully saturated rings. The van der Waals surface area contributed by atoms with Crippen LogP contribution < -0.4 is 5.32 Å². The van der Waals surface area contributed by atoms with E-state index in [4.69, 9.17) is 11.6 Å². The highest BCUT2D eigenvalue weighted by Crippen LogP contribution is 2.54. The maximum Gasteiger partial charge on any atom is 0.255 e. The third-order valence-corrected chi connectivity index (χ3v) is 11.0. The van der Waals surface area contributed by atoms with Gasteiger partial charge in [-0.25, -0.2) is 26.6 Å². The quantitative estimate of drug-likeness (QED) is 0.241. The summed E-state index contributed by atoms with van der Waals surface area (Å²) in [6.07, 6.45) is 4.69. The van der Waals surface area contributed by atoms with Crippen molar-refractivity contribution in [1.29, 1.82) is 0 Å². The Morgan fingerprint density at radius 3 is 2.36 bits per heavy atom. The van der Waals surface area contributed by atoms with E-state index in [-0.39, 0.29) is 34.0 Å². The van der Waals surface area contributed by atoms with E-state index in [1.165, 1.54) is 12.1 Å². The summed E-state index contributed by atoms with van der Waals surface area (Å²) >= 11 is 6.33. The fraction of sp³-hybridized carbons (Fsp3) is 0.276. The molecule has 0 aliphatic heterocycles. The Morgan fingerprint density at radius 1 is 1.02 bits per heavy atom. The lowest BCUT2D eigenvalue weighted by Gasteiger charge is -2.39. The number of nitrogens with one attached hydrogen (secondary N) is 2. The molecule has 218 valence electrons. The summed E-state index contributed by atoms with van der Waals surface area (Å²) in [7, 11) is -4.08. The summed E-state index contributed by atoms with van der Waals surface area (Å²) < 4.78 is 68.5. The third-order valence-electron chi connectivity index (χ3n) is 8.09. The van der Waals surface area contributed by atoms with E-state index in [0.717, 1.165) is 6.07 Å². The van der Waals surface area contributed by atoms with Crippen LogP contribution in [0.4, 0.5) is 18.9 Å². The maximum atomic E-state index is 14.0. The van der Waals surface area contributed by atoms with Crippen LogP contribution in [0.2, 0.25) is 5.02 Å². The van der Waals surface area contributed by atoms with Crippen LogP contribution in [0.3, 0.4) is 0 Å². The summed E-state index contributed by atoms with van der Waals surface area (Å²) in [5.74, 6) is -5.97. The number of nitrogens with zero attached hydrogens (tertiary/aromatic N) is 2. The Kier molecular flexibility index (Phi) is 7.11. The molecule has 6 rings (SSSR count). The summed E-state index contributed by atoms with van der Waals surface area (Å²) in [6, 6.07) is 10.3. The normalized spacial score (nSPS) is 23.6. The number of halogens is 4. The van der Waals surface area contributed by atoms with Gasteiger partial charge in [-0.1, -0.05) is 17.7 Å². The molecule has 2 bridgehead atoms. The number of imidazole rings is 1. The topological polar surface area (TPSA) is 125 Å². The zero-order chi connectivity index (χ0) is 29.8. The highest BCUT2D eigenvalue weighted by atomic mass is 35.5. The molecule has 2 aliphatic carbocycles. The Hall–Kier alpha value is -3.74. The molecule has 0 saturated heterocycles. The Labute approximate surface area is 243 Å². The molecule has 13 heteroatoms. The third kappa shape index (κ3) is 4.97. The van der Waals surface area contributed by atoms with Gasteiger partial charge in [0.2, 0.25) is 0 Å². The molecular formula is C29H24ClF3N4O4S. The van der Waals surface area contributed by atoms with Crippen molar-refractivity contribution in [3.8, 4) is 11.4 Å². The Bertz CT molecular complexity index is 1760. The Morgan fingerprint density at radius 2 is 1.71 bits per heavy atom. The number of fused-ring (bicyclic) bond motifs is 2. The number of carbonyl (C=O) groups excluding carboxylic acids is 1. The molecule has 2 heterocycles. The number of hydrogen-bond acceptors (Lipinski definition) is 6. The van der Waals surface area contributed by atoms with E-state index in [1.54, 1.807) is 18.5 Å². The van der Waals surface area contributed by atoms with Crippen LogP contribution in [0.15, 0.2) is 65.8 Å². The molecule has 8 nitrogen and oxygen atoms in total. The molecule has 2 aromatic carbocycles. The number of H-pyrrole nitrogens is 1. The SMILES string of the molecule is O=C(Nc1cc(F)c(F)c(F)c1)c1ccc(Cl)c(S(=O)(=O)C2C3CCC2CC(O)(c2ncc(-c4ccccn4)[nH]2)C3)c1. The van der Waals surface area contributed by atoms with Crippen molar-refractivity contribution in [3.05, 3.63) is 94.8 Å². The summed E-state index contributed by atoms with van der Waals surface area (Å²) in [6.45, 7) is 0. The Balaban J connectivity index is 1.25. The number of pyridine rings is 1. The van der Waals surface area contributed by atoms with Gasteiger partial charge in [-0.3, -0.25) is 9.78 Å². The zero-order valence-corrected chi connectivity index (χ0v) is 23.4. The molecule has 0 spiro atoms. The second kappa shape index (κ2) is 10.5.